The summed E-state index contributed by atoms with van der Waals surface area (Å²) in [5.74, 6) is -5.47. The molecule has 2 heterocycles. The van der Waals surface area contributed by atoms with Crippen molar-refractivity contribution in [3.8, 4) is 0 Å². The zero-order valence-corrected chi connectivity index (χ0v) is 19.9. The number of nitrogens with zero attached hydrogens (tertiary/aromatic N) is 2. The van der Waals surface area contributed by atoms with E-state index in [1.807, 2.05) is 0 Å². The number of carbonyl (C=O) groups excluding carboxylic acids is 4. The maximum atomic E-state index is 14.4. The average molecular weight is 510 g/mol. The van der Waals surface area contributed by atoms with Gasteiger partial charge in [-0.3, -0.25) is 19.2 Å². The Kier molecular flexibility index (Phi) is 7.26. The Hall–Kier alpha value is -3.15. The van der Waals surface area contributed by atoms with Crippen LogP contribution < -0.4 is 16.8 Å². The number of amides is 4. The minimum absolute atomic E-state index is 0.111. The van der Waals surface area contributed by atoms with Crippen molar-refractivity contribution in [3.05, 3.63) is 35.1 Å². The van der Waals surface area contributed by atoms with Gasteiger partial charge in [0.2, 0.25) is 23.6 Å². The van der Waals surface area contributed by atoms with Crippen LogP contribution in [0.2, 0.25) is 0 Å². The Morgan fingerprint density at radius 3 is 2.44 bits per heavy atom. The molecule has 0 aromatic heterocycles. The van der Waals surface area contributed by atoms with Crippen molar-refractivity contribution in [1.82, 2.24) is 15.1 Å². The molecule has 3 fully saturated rings. The van der Waals surface area contributed by atoms with Gasteiger partial charge in [0.1, 0.15) is 17.9 Å². The molecule has 1 saturated carbocycles. The summed E-state index contributed by atoms with van der Waals surface area (Å²) in [5.41, 5.74) is 10.9. The molecule has 9 nitrogen and oxygen atoms in total. The van der Waals surface area contributed by atoms with Gasteiger partial charge in [0.25, 0.3) is 0 Å². The molecule has 36 heavy (non-hydrogen) atoms. The first-order valence-electron chi connectivity index (χ1n) is 12.1. The van der Waals surface area contributed by atoms with Crippen molar-refractivity contribution < 1.29 is 32.3 Å². The molecule has 5 unspecified atom stereocenters. The molecule has 196 valence electrons. The number of halogens is 3. The number of primary amides is 1. The highest BCUT2D eigenvalue weighted by Gasteiger charge is 2.55. The van der Waals surface area contributed by atoms with Crippen LogP contribution in [-0.4, -0.2) is 70.2 Å². The van der Waals surface area contributed by atoms with E-state index in [4.69, 9.17) is 11.5 Å². The van der Waals surface area contributed by atoms with Gasteiger partial charge in [-0.05, 0) is 56.6 Å². The number of rotatable bonds is 8. The predicted octanol–water partition coefficient (Wildman–Crippen LogP) is 0.334. The Balaban J connectivity index is 1.54. The molecule has 1 aliphatic carbocycles. The second kappa shape index (κ2) is 10.1. The van der Waals surface area contributed by atoms with Crippen molar-refractivity contribution in [1.29, 1.82) is 0 Å². The van der Waals surface area contributed by atoms with Gasteiger partial charge in [-0.15, -0.1) is 0 Å². The second-order valence-electron chi connectivity index (χ2n) is 9.97. The number of carbonyl (C=O) groups is 4. The quantitative estimate of drug-likeness (QED) is 0.434. The van der Waals surface area contributed by atoms with E-state index >= 15 is 0 Å². The molecule has 0 radical (unpaired) electrons. The first-order chi connectivity index (χ1) is 17.0. The lowest BCUT2D eigenvalue weighted by molar-refractivity contribution is -0.141. The number of nitrogens with two attached hydrogens (primary N) is 2. The van der Waals surface area contributed by atoms with Crippen molar-refractivity contribution in [2.45, 2.75) is 75.7 Å². The van der Waals surface area contributed by atoms with Crippen molar-refractivity contribution in [2.24, 2.45) is 17.4 Å². The van der Waals surface area contributed by atoms with Gasteiger partial charge in [-0.25, -0.2) is 13.2 Å². The fraction of sp³-hybridized carbons (Fsp3) is 0.583. The number of hydrogen-bond acceptors (Lipinski definition) is 5. The molecule has 6 atom stereocenters. The number of likely N-dealkylation sites (tertiary alicyclic amines) is 2. The highest BCUT2D eigenvalue weighted by atomic mass is 19.2. The molecule has 12 heteroatoms. The lowest BCUT2D eigenvalue weighted by atomic mass is 10.0. The van der Waals surface area contributed by atoms with E-state index in [1.54, 1.807) is 0 Å². The largest absolute Gasteiger partial charge is 0.368 e. The van der Waals surface area contributed by atoms with E-state index in [0.29, 0.717) is 37.9 Å². The smallest absolute Gasteiger partial charge is 0.243 e. The molecule has 4 amide bonds. The highest BCUT2D eigenvalue weighted by molar-refractivity contribution is 5.91. The van der Waals surface area contributed by atoms with E-state index in [0.717, 1.165) is 6.42 Å². The summed E-state index contributed by atoms with van der Waals surface area (Å²) >= 11 is 0. The molecule has 5 N–H and O–H groups in total. The van der Waals surface area contributed by atoms with Crippen LogP contribution in [0.5, 0.6) is 0 Å². The fourth-order valence-corrected chi connectivity index (χ4v) is 5.41. The third-order valence-electron chi connectivity index (χ3n) is 7.27. The molecular weight excluding hydrogens is 479 g/mol. The summed E-state index contributed by atoms with van der Waals surface area (Å²) in [6.45, 7) is 1.86. The molecule has 1 aromatic carbocycles. The van der Waals surface area contributed by atoms with Crippen molar-refractivity contribution in [3.63, 3.8) is 0 Å². The number of nitrogens with one attached hydrogen (secondary N) is 1. The zero-order valence-electron chi connectivity index (χ0n) is 19.9. The van der Waals surface area contributed by atoms with Gasteiger partial charge in [-0.2, -0.15) is 0 Å². The van der Waals surface area contributed by atoms with Gasteiger partial charge in [0.15, 0.2) is 11.6 Å². The lowest BCUT2D eigenvalue weighted by Crippen LogP contribution is -2.53. The standard InChI is InChI=1S/C24H30F3N5O4/c1-11(28)24(36)31-4-2-3-18(31)23(35)30-14(5-12-6-16(26)17(27)10-15(12)25)9-21(33)32-19-7-13(19)8-20(32)22(29)34/h6,10-11,13-14,18-20H,2-5,7-9,28H2,1H3,(H2,29,34)(H,30,35)/t11?,13?,14-,18?,19?,20?/m1/s1. The average Bonchev–Trinajstić information content (AvgIpc) is 3.22. The van der Waals surface area contributed by atoms with Crippen LogP contribution in [0.15, 0.2) is 12.1 Å². The Bertz CT molecular complexity index is 1080. The first kappa shape index (κ1) is 25.9. The van der Waals surface area contributed by atoms with Gasteiger partial charge in [0, 0.05) is 31.1 Å². The lowest BCUT2D eigenvalue weighted by Gasteiger charge is -2.30. The van der Waals surface area contributed by atoms with Crippen LogP contribution in [0, 0.1) is 23.4 Å². The van der Waals surface area contributed by atoms with E-state index < -0.39 is 65.2 Å². The number of piperidine rings is 1. The minimum atomic E-state index is -1.36. The summed E-state index contributed by atoms with van der Waals surface area (Å²) in [4.78, 5) is 53.5. The SMILES string of the molecule is CC(N)C(=O)N1CCCC1C(=O)N[C@@H](CC(=O)N1C(C(N)=O)CC2CC21)Cc1cc(F)c(F)cc1F. The van der Waals surface area contributed by atoms with Crippen LogP contribution in [0.25, 0.3) is 0 Å². The van der Waals surface area contributed by atoms with Crippen LogP contribution in [-0.2, 0) is 25.6 Å². The van der Waals surface area contributed by atoms with Gasteiger partial charge >= 0.3 is 0 Å². The van der Waals surface area contributed by atoms with Gasteiger partial charge in [-0.1, -0.05) is 0 Å². The molecule has 4 rings (SSSR count). The van der Waals surface area contributed by atoms with Crippen LogP contribution in [0.1, 0.15) is 44.6 Å². The van der Waals surface area contributed by atoms with Crippen molar-refractivity contribution in [2.75, 3.05) is 6.54 Å². The predicted molar refractivity (Wildman–Crippen MR) is 121 cm³/mol. The summed E-state index contributed by atoms with van der Waals surface area (Å²) in [6.07, 6.45) is 1.56. The normalized spacial score (nSPS) is 26.4. The summed E-state index contributed by atoms with van der Waals surface area (Å²) in [7, 11) is 0. The monoisotopic (exact) mass is 509 g/mol. The number of benzene rings is 1. The highest BCUT2D eigenvalue weighted by Crippen LogP contribution is 2.48. The van der Waals surface area contributed by atoms with Gasteiger partial charge in [0.05, 0.1) is 6.04 Å². The van der Waals surface area contributed by atoms with Crippen LogP contribution in [0.4, 0.5) is 13.2 Å². The molecule has 3 aliphatic rings. The Morgan fingerprint density at radius 1 is 1.08 bits per heavy atom. The topological polar surface area (TPSA) is 139 Å². The maximum absolute atomic E-state index is 14.4. The number of fused-ring (bicyclic) bond motifs is 1. The minimum Gasteiger partial charge on any atom is -0.368 e. The Morgan fingerprint density at radius 2 is 1.78 bits per heavy atom. The van der Waals surface area contributed by atoms with Crippen LogP contribution >= 0.6 is 0 Å². The molecule has 2 aliphatic heterocycles. The number of hydrogen-bond donors (Lipinski definition) is 3. The Labute approximate surface area is 206 Å². The summed E-state index contributed by atoms with van der Waals surface area (Å²) in [6, 6.07) is -2.41. The summed E-state index contributed by atoms with van der Waals surface area (Å²) < 4.78 is 41.7. The van der Waals surface area contributed by atoms with E-state index in [2.05, 4.69) is 5.32 Å². The third kappa shape index (κ3) is 5.18. The van der Waals surface area contributed by atoms with Crippen molar-refractivity contribution >= 4 is 23.6 Å². The maximum Gasteiger partial charge on any atom is 0.243 e. The molecule has 0 spiro atoms. The van der Waals surface area contributed by atoms with Crippen LogP contribution in [0.3, 0.4) is 0 Å². The fourth-order valence-electron chi connectivity index (χ4n) is 5.41. The second-order valence-corrected chi connectivity index (χ2v) is 9.97. The first-order valence-corrected chi connectivity index (χ1v) is 12.1. The molecule has 2 saturated heterocycles. The van der Waals surface area contributed by atoms with E-state index in [1.165, 1.54) is 16.7 Å². The molecule has 1 aromatic rings. The third-order valence-corrected chi connectivity index (χ3v) is 7.27. The zero-order chi connectivity index (χ0) is 26.3. The van der Waals surface area contributed by atoms with Gasteiger partial charge < -0.3 is 26.6 Å². The molecule has 0 bridgehead atoms. The molecular formula is C24H30F3N5O4. The summed E-state index contributed by atoms with van der Waals surface area (Å²) in [5, 5.41) is 2.70. The van der Waals surface area contributed by atoms with E-state index in [9.17, 15) is 32.3 Å². The van der Waals surface area contributed by atoms with E-state index in [-0.39, 0.29) is 30.4 Å².